The van der Waals surface area contributed by atoms with Crippen LogP contribution in [0.15, 0.2) is 0 Å². The van der Waals surface area contributed by atoms with E-state index in [0.29, 0.717) is 0 Å². The summed E-state index contributed by atoms with van der Waals surface area (Å²) >= 11 is 0. The van der Waals surface area contributed by atoms with Crippen molar-refractivity contribution >= 4 is 24.2 Å². The molecule has 27 heavy (non-hydrogen) atoms. The van der Waals surface area contributed by atoms with Crippen LogP contribution in [0.3, 0.4) is 0 Å². The Labute approximate surface area is 156 Å². The molecular formula is C13H20ClF6N3O4. The summed E-state index contributed by atoms with van der Waals surface area (Å²) in [6.45, 7) is -2.03. The van der Waals surface area contributed by atoms with Crippen LogP contribution in [0.25, 0.3) is 0 Å². The average Bonchev–Trinajstić information content (AvgIpc) is 2.97. The molecule has 1 saturated heterocycles. The van der Waals surface area contributed by atoms with Gasteiger partial charge in [-0.25, -0.2) is 0 Å². The number of amides is 2. The molecule has 7 nitrogen and oxygen atoms in total. The normalized spacial score (nSPS) is 22.5. The first kappa shape index (κ1) is 25.7. The highest BCUT2D eigenvalue weighted by Gasteiger charge is 2.45. The third kappa shape index (κ3) is 7.68. The zero-order valence-corrected chi connectivity index (χ0v) is 14.6. The molecule has 1 fully saturated rings. The molecule has 1 aliphatic heterocycles. The van der Waals surface area contributed by atoms with Crippen molar-refractivity contribution in [3.63, 3.8) is 0 Å². The van der Waals surface area contributed by atoms with E-state index in [1.807, 2.05) is 10.6 Å². The maximum absolute atomic E-state index is 12.3. The molecule has 1 heterocycles. The Hall–Kier alpha value is -1.31. The molecule has 2 amide bonds. The Morgan fingerprint density at radius 3 is 1.89 bits per heavy atom. The first-order valence-electron chi connectivity index (χ1n) is 7.53. The quantitative estimate of drug-likeness (QED) is 0.360. The molecule has 0 aliphatic carbocycles. The van der Waals surface area contributed by atoms with Crippen LogP contribution in [-0.2, 0) is 9.59 Å². The largest absolute Gasteiger partial charge is 0.416 e. The zero-order valence-electron chi connectivity index (χ0n) is 13.8. The molecule has 3 atom stereocenters. The van der Waals surface area contributed by atoms with Gasteiger partial charge in [0.15, 0.2) is 12.2 Å². The summed E-state index contributed by atoms with van der Waals surface area (Å²) in [5.74, 6) is -1.90. The summed E-state index contributed by atoms with van der Waals surface area (Å²) in [6.07, 6.45) is -15.9. The molecule has 5 N–H and O–H groups in total. The molecule has 1 aliphatic rings. The van der Waals surface area contributed by atoms with Gasteiger partial charge in [-0.15, -0.1) is 12.4 Å². The summed E-state index contributed by atoms with van der Waals surface area (Å²) in [6, 6.07) is 0. The Kier molecular flexibility index (Phi) is 9.28. The van der Waals surface area contributed by atoms with E-state index in [1.54, 1.807) is 0 Å². The summed E-state index contributed by atoms with van der Waals surface area (Å²) < 4.78 is 73.4. The lowest BCUT2D eigenvalue weighted by Crippen LogP contribution is -2.50. The standard InChI is InChI=1S/C13H19F6N3O4.ClH/c14-12(15,16)7(23)4-21-9(25)3-11(1-2-20-6-11)10(26)22-5-8(24)13(17,18)19;/h7-8,20,23-24H,1-6H2,(H,21,25)(H,22,26);1H. The summed E-state index contributed by atoms with van der Waals surface area (Å²) in [7, 11) is 0. The second-order valence-electron chi connectivity index (χ2n) is 6.01. The SMILES string of the molecule is Cl.O=C(CC1(C(=O)NCC(O)C(F)(F)F)CCNC1)NCC(O)C(F)(F)F. The van der Waals surface area contributed by atoms with Gasteiger partial charge in [-0.2, -0.15) is 26.3 Å². The molecule has 0 bridgehead atoms. The van der Waals surface area contributed by atoms with Gasteiger partial charge in [-0.3, -0.25) is 9.59 Å². The minimum absolute atomic E-state index is 0. The van der Waals surface area contributed by atoms with Crippen LogP contribution >= 0.6 is 12.4 Å². The number of aliphatic hydroxyl groups excluding tert-OH is 2. The lowest BCUT2D eigenvalue weighted by molar-refractivity contribution is -0.202. The van der Waals surface area contributed by atoms with E-state index in [9.17, 15) is 35.9 Å². The second-order valence-corrected chi connectivity index (χ2v) is 6.01. The number of rotatable bonds is 7. The van der Waals surface area contributed by atoms with Gasteiger partial charge in [-0.1, -0.05) is 0 Å². The number of carbonyl (C=O) groups is 2. The number of hydrogen-bond acceptors (Lipinski definition) is 5. The smallest absolute Gasteiger partial charge is 0.382 e. The number of hydrogen-bond donors (Lipinski definition) is 5. The van der Waals surface area contributed by atoms with Crippen LogP contribution in [0.1, 0.15) is 12.8 Å². The van der Waals surface area contributed by atoms with E-state index < -0.39 is 61.3 Å². The fourth-order valence-corrected chi connectivity index (χ4v) is 2.36. The lowest BCUT2D eigenvalue weighted by atomic mass is 9.82. The molecule has 1 rings (SSSR count). The first-order valence-corrected chi connectivity index (χ1v) is 7.53. The Morgan fingerprint density at radius 2 is 1.48 bits per heavy atom. The Morgan fingerprint density at radius 1 is 1.00 bits per heavy atom. The molecule has 0 aromatic carbocycles. The number of nitrogens with one attached hydrogen (secondary N) is 3. The van der Waals surface area contributed by atoms with Crippen molar-refractivity contribution in [2.75, 3.05) is 26.2 Å². The molecule has 0 aromatic heterocycles. The predicted octanol–water partition coefficient (Wildman–Crippen LogP) is -0.143. The molecular weight excluding hydrogens is 412 g/mol. The molecule has 160 valence electrons. The highest BCUT2D eigenvalue weighted by atomic mass is 35.5. The van der Waals surface area contributed by atoms with E-state index in [0.717, 1.165) is 0 Å². The summed E-state index contributed by atoms with van der Waals surface area (Å²) in [4.78, 5) is 24.0. The van der Waals surface area contributed by atoms with Crippen molar-refractivity contribution in [3.8, 4) is 0 Å². The number of carbonyl (C=O) groups excluding carboxylic acids is 2. The fourth-order valence-electron chi connectivity index (χ4n) is 2.36. The van der Waals surface area contributed by atoms with Crippen molar-refractivity contribution in [2.45, 2.75) is 37.4 Å². The molecule has 3 unspecified atom stereocenters. The van der Waals surface area contributed by atoms with Gasteiger partial charge in [0.1, 0.15) is 0 Å². The van der Waals surface area contributed by atoms with Gasteiger partial charge in [-0.05, 0) is 13.0 Å². The van der Waals surface area contributed by atoms with Crippen LogP contribution in [0.2, 0.25) is 0 Å². The van der Waals surface area contributed by atoms with Crippen molar-refractivity contribution in [1.29, 1.82) is 0 Å². The average molecular weight is 432 g/mol. The van der Waals surface area contributed by atoms with Gasteiger partial charge in [0.25, 0.3) is 0 Å². The second kappa shape index (κ2) is 9.75. The topological polar surface area (TPSA) is 111 Å². The first-order chi connectivity index (χ1) is 11.8. The van der Waals surface area contributed by atoms with E-state index in [-0.39, 0.29) is 31.9 Å². The van der Waals surface area contributed by atoms with Crippen molar-refractivity contribution in [2.24, 2.45) is 5.41 Å². The number of halogens is 7. The lowest BCUT2D eigenvalue weighted by Gasteiger charge is -2.27. The van der Waals surface area contributed by atoms with Gasteiger partial charge in [0.05, 0.1) is 18.5 Å². The minimum Gasteiger partial charge on any atom is -0.382 e. The van der Waals surface area contributed by atoms with Crippen molar-refractivity contribution in [3.05, 3.63) is 0 Å². The monoisotopic (exact) mass is 431 g/mol. The maximum Gasteiger partial charge on any atom is 0.416 e. The predicted molar refractivity (Wildman–Crippen MR) is 81.9 cm³/mol. The highest BCUT2D eigenvalue weighted by Crippen LogP contribution is 2.30. The van der Waals surface area contributed by atoms with Crippen LogP contribution < -0.4 is 16.0 Å². The van der Waals surface area contributed by atoms with Crippen LogP contribution in [-0.4, -0.2) is 72.8 Å². The zero-order chi connectivity index (χ0) is 20.2. The molecule has 0 spiro atoms. The van der Waals surface area contributed by atoms with Crippen molar-refractivity contribution in [1.82, 2.24) is 16.0 Å². The third-order valence-corrected chi connectivity index (χ3v) is 3.93. The van der Waals surface area contributed by atoms with Gasteiger partial charge in [0.2, 0.25) is 11.8 Å². The molecule has 14 heteroatoms. The van der Waals surface area contributed by atoms with Gasteiger partial charge >= 0.3 is 12.4 Å². The molecule has 0 radical (unpaired) electrons. The summed E-state index contributed by atoms with van der Waals surface area (Å²) in [5.41, 5.74) is -1.46. The highest BCUT2D eigenvalue weighted by molar-refractivity contribution is 5.89. The molecule has 0 saturated carbocycles. The van der Waals surface area contributed by atoms with E-state index >= 15 is 0 Å². The third-order valence-electron chi connectivity index (χ3n) is 3.93. The van der Waals surface area contributed by atoms with Crippen LogP contribution in [0, 0.1) is 5.41 Å². The van der Waals surface area contributed by atoms with Crippen molar-refractivity contribution < 1.29 is 46.1 Å². The van der Waals surface area contributed by atoms with Crippen LogP contribution in [0.5, 0.6) is 0 Å². The Balaban J connectivity index is 0.00000676. The van der Waals surface area contributed by atoms with Crippen LogP contribution in [0.4, 0.5) is 26.3 Å². The Bertz CT molecular complexity index is 511. The minimum atomic E-state index is -4.93. The van der Waals surface area contributed by atoms with E-state index in [1.165, 1.54) is 0 Å². The fraction of sp³-hybridized carbons (Fsp3) is 0.846. The molecule has 0 aromatic rings. The maximum atomic E-state index is 12.3. The van der Waals surface area contributed by atoms with Gasteiger partial charge in [0, 0.05) is 13.0 Å². The van der Waals surface area contributed by atoms with E-state index in [4.69, 9.17) is 10.2 Å². The number of aliphatic hydroxyl groups is 2. The summed E-state index contributed by atoms with van der Waals surface area (Å²) in [5, 5.41) is 24.2. The number of alkyl halides is 6. The van der Waals surface area contributed by atoms with Gasteiger partial charge < -0.3 is 26.2 Å². The van der Waals surface area contributed by atoms with E-state index in [2.05, 4.69) is 5.32 Å².